The topological polar surface area (TPSA) is 114 Å². The zero-order valence-electron chi connectivity index (χ0n) is 15.9. The minimum atomic E-state index is -4.07. The van der Waals surface area contributed by atoms with Crippen molar-refractivity contribution in [3.8, 4) is 0 Å². The molecular weight excluding hydrogens is 496 g/mol. The largest absolute Gasteiger partial charge is 0.459 e. The summed E-state index contributed by atoms with van der Waals surface area (Å²) in [5.41, 5.74) is 0.736. The van der Waals surface area contributed by atoms with Crippen molar-refractivity contribution in [1.29, 1.82) is 0 Å². The second-order valence-electron chi connectivity index (χ2n) is 7.44. The number of benzene rings is 1. The van der Waals surface area contributed by atoms with Crippen molar-refractivity contribution in [2.75, 3.05) is 6.61 Å². The molecule has 2 aromatic rings. The number of hydrogen-bond acceptors (Lipinski definition) is 8. The lowest BCUT2D eigenvalue weighted by Crippen LogP contribution is -2.70. The van der Waals surface area contributed by atoms with Crippen LogP contribution in [-0.4, -0.2) is 58.1 Å². The fourth-order valence-electron chi connectivity index (χ4n) is 4.12. The number of ether oxygens (including phenoxy) is 1. The molecule has 1 amide bonds. The number of nitrogens with zero attached hydrogens (tertiary/aromatic N) is 2. The Hall–Kier alpha value is -1.82. The molecule has 0 aliphatic carbocycles. The fourth-order valence-corrected chi connectivity index (χ4v) is 9.04. The Morgan fingerprint density at radius 1 is 1.37 bits per heavy atom. The van der Waals surface area contributed by atoms with Crippen LogP contribution in [-0.2, 0) is 35.1 Å². The molecule has 2 aliphatic rings. The number of halogens is 1. The van der Waals surface area contributed by atoms with Gasteiger partial charge in [-0.05, 0) is 18.9 Å². The number of alkyl halides is 1. The van der Waals surface area contributed by atoms with Crippen LogP contribution < -0.4 is 0 Å². The molecule has 4 atom stereocenters. The van der Waals surface area contributed by atoms with Gasteiger partial charge in [0, 0.05) is 18.2 Å². The Labute approximate surface area is 185 Å². The highest BCUT2D eigenvalue weighted by Gasteiger charge is 2.80. The third-order valence-corrected chi connectivity index (χ3v) is 11.3. The molecule has 0 saturated carbocycles. The lowest BCUT2D eigenvalue weighted by Gasteiger charge is -2.47. The second kappa shape index (κ2) is 7.40. The number of hydrogen-bond donors (Lipinski definition) is 1. The highest BCUT2D eigenvalue weighted by Crippen LogP contribution is 2.59. The minimum Gasteiger partial charge on any atom is -0.459 e. The summed E-state index contributed by atoms with van der Waals surface area (Å²) < 4.78 is 29.2. The third-order valence-electron chi connectivity index (χ3n) is 5.74. The number of esters is 1. The van der Waals surface area contributed by atoms with E-state index in [9.17, 15) is 23.1 Å². The van der Waals surface area contributed by atoms with Crippen molar-refractivity contribution in [2.24, 2.45) is 0 Å². The van der Waals surface area contributed by atoms with Crippen LogP contribution in [0.2, 0.25) is 0 Å². The number of carbonyl (C=O) groups excluding carboxylic acids is 2. The molecule has 8 nitrogen and oxygen atoms in total. The first kappa shape index (κ1) is 21.4. The number of fused-ring (bicyclic) bond motifs is 1. The van der Waals surface area contributed by atoms with Gasteiger partial charge in [0.25, 0.3) is 5.91 Å². The van der Waals surface area contributed by atoms with Gasteiger partial charge in [-0.15, -0.1) is 11.3 Å². The van der Waals surface area contributed by atoms with Crippen LogP contribution in [0.5, 0.6) is 0 Å². The van der Waals surface area contributed by atoms with Crippen molar-refractivity contribution < 1.29 is 27.9 Å². The zero-order valence-corrected chi connectivity index (χ0v) is 19.1. The first-order valence-electron chi connectivity index (χ1n) is 9.16. The summed E-state index contributed by atoms with van der Waals surface area (Å²) in [4.78, 5) is 31.4. The van der Waals surface area contributed by atoms with E-state index < -0.39 is 48.8 Å². The van der Waals surface area contributed by atoms with E-state index in [-0.39, 0.29) is 13.0 Å². The van der Waals surface area contributed by atoms with Gasteiger partial charge in [-0.1, -0.05) is 46.3 Å². The number of rotatable bonds is 6. The van der Waals surface area contributed by atoms with Crippen molar-refractivity contribution in [3.05, 3.63) is 52.5 Å². The number of aliphatic hydroxyl groups is 1. The number of thiazole rings is 1. The monoisotopic (exact) mass is 514 g/mol. The Bertz CT molecular complexity index is 1080. The van der Waals surface area contributed by atoms with E-state index in [1.165, 1.54) is 13.1 Å². The molecule has 3 heterocycles. The Kier molecular flexibility index (Phi) is 5.28. The highest BCUT2D eigenvalue weighted by atomic mass is 79.9. The molecule has 0 spiro atoms. The molecule has 1 aromatic heterocycles. The number of aliphatic hydroxyl groups excluding tert-OH is 1. The van der Waals surface area contributed by atoms with Gasteiger partial charge in [-0.25, -0.2) is 18.2 Å². The maximum atomic E-state index is 13.5. The summed E-state index contributed by atoms with van der Waals surface area (Å²) in [7, 11) is -4.07. The molecule has 11 heteroatoms. The molecule has 2 unspecified atom stereocenters. The fraction of sp³-hybridized carbons (Fsp3) is 0.421. The third kappa shape index (κ3) is 2.79. The number of aromatic nitrogens is 1. The van der Waals surface area contributed by atoms with Gasteiger partial charge in [0.05, 0.1) is 0 Å². The lowest BCUT2D eigenvalue weighted by atomic mass is 9.89. The van der Waals surface area contributed by atoms with Gasteiger partial charge in [-0.2, -0.15) is 0 Å². The predicted molar refractivity (Wildman–Crippen MR) is 112 cm³/mol. The molecule has 1 aromatic carbocycles. The Morgan fingerprint density at radius 2 is 2.07 bits per heavy atom. The smallest absolute Gasteiger partial charge is 0.330 e. The molecule has 2 saturated heterocycles. The zero-order chi connectivity index (χ0) is 21.7. The van der Waals surface area contributed by atoms with E-state index in [0.29, 0.717) is 5.01 Å². The van der Waals surface area contributed by atoms with Crippen LogP contribution in [0.1, 0.15) is 23.9 Å². The van der Waals surface area contributed by atoms with Crippen LogP contribution in [0.15, 0.2) is 41.9 Å². The summed E-state index contributed by atoms with van der Waals surface area (Å²) in [5.74, 6) is -1.38. The van der Waals surface area contributed by atoms with Gasteiger partial charge < -0.3 is 14.7 Å². The van der Waals surface area contributed by atoms with E-state index in [0.717, 1.165) is 21.8 Å². The molecular formula is C19H19BrN2O6S2. The number of sulfone groups is 1. The van der Waals surface area contributed by atoms with E-state index >= 15 is 0 Å². The van der Waals surface area contributed by atoms with Crippen LogP contribution in [0, 0.1) is 0 Å². The first-order chi connectivity index (χ1) is 14.2. The Balaban J connectivity index is 1.71. The van der Waals surface area contributed by atoms with Crippen molar-refractivity contribution >= 4 is 49.0 Å². The van der Waals surface area contributed by atoms with E-state index in [1.54, 1.807) is 29.6 Å². The molecule has 2 aliphatic heterocycles. The summed E-state index contributed by atoms with van der Waals surface area (Å²) >= 11 is 4.48. The van der Waals surface area contributed by atoms with E-state index in [2.05, 4.69) is 20.9 Å². The molecule has 4 rings (SSSR count). The van der Waals surface area contributed by atoms with Crippen molar-refractivity contribution in [1.82, 2.24) is 9.88 Å². The quantitative estimate of drug-likeness (QED) is 0.353. The van der Waals surface area contributed by atoms with Crippen LogP contribution in [0.3, 0.4) is 0 Å². The van der Waals surface area contributed by atoms with Crippen LogP contribution in [0.4, 0.5) is 0 Å². The average Bonchev–Trinajstić information content (AvgIpc) is 3.31. The average molecular weight is 515 g/mol. The number of amides is 1. The van der Waals surface area contributed by atoms with E-state index in [1.807, 2.05) is 6.07 Å². The van der Waals surface area contributed by atoms with E-state index in [4.69, 9.17) is 4.74 Å². The van der Waals surface area contributed by atoms with Crippen LogP contribution in [0.25, 0.3) is 0 Å². The maximum absolute atomic E-state index is 13.5. The van der Waals surface area contributed by atoms with Gasteiger partial charge >= 0.3 is 5.97 Å². The van der Waals surface area contributed by atoms with Crippen LogP contribution >= 0.6 is 27.3 Å². The molecule has 30 heavy (non-hydrogen) atoms. The number of β-lactam (4-membered cyclic amide) rings is 1. The maximum Gasteiger partial charge on any atom is 0.330 e. The summed E-state index contributed by atoms with van der Waals surface area (Å²) in [5, 5.41) is 10.2. The Morgan fingerprint density at radius 3 is 2.67 bits per heavy atom. The minimum absolute atomic E-state index is 0.0515. The number of carbonyl (C=O) groups is 2. The predicted octanol–water partition coefficient (Wildman–Crippen LogP) is 1.58. The van der Waals surface area contributed by atoms with Gasteiger partial charge in [0.1, 0.15) is 16.4 Å². The van der Waals surface area contributed by atoms with Crippen molar-refractivity contribution in [2.45, 2.75) is 40.4 Å². The molecule has 2 fully saturated rings. The lowest BCUT2D eigenvalue weighted by molar-refractivity contribution is -0.165. The second-order valence-corrected chi connectivity index (χ2v) is 12.1. The van der Waals surface area contributed by atoms with Crippen molar-refractivity contribution in [3.63, 3.8) is 0 Å². The normalized spacial score (nSPS) is 31.8. The summed E-state index contributed by atoms with van der Waals surface area (Å²) in [6.45, 7) is 0.872. The van der Waals surface area contributed by atoms with Gasteiger partial charge in [0.2, 0.25) is 0 Å². The summed E-state index contributed by atoms with van der Waals surface area (Å²) in [6.07, 6.45) is 1.28. The molecule has 160 valence electrons. The highest BCUT2D eigenvalue weighted by molar-refractivity contribution is 9.10. The molecule has 0 radical (unpaired) electrons. The summed E-state index contributed by atoms with van der Waals surface area (Å²) in [6, 6.07) is 7.60. The van der Waals surface area contributed by atoms with Gasteiger partial charge in [-0.3, -0.25) is 4.79 Å². The first-order valence-corrected chi connectivity index (χ1v) is 12.4. The molecule has 0 bridgehead atoms. The standard InChI is InChI=1S/C19H19BrN2O6S2/c1-18(7-9-23)13(14(24)28-11-12-5-3-2-4-6-12)22-16(25)19(20,15-21-8-10-29-15)17(22)30(18,26)27/h2-6,8,10,13,17,23H,7,9,11H2,1H3/t13-,17+,18?,19?/m0/s1. The van der Waals surface area contributed by atoms with Gasteiger partial charge in [0.15, 0.2) is 25.6 Å². The molecule has 1 N–H and O–H groups in total. The SMILES string of the molecule is CC1(CCO)[C@H](C(=O)OCc2ccccc2)N2C(=O)C(Br)(c3nccs3)[C@H]2S1(=O)=O.